The Balaban J connectivity index is 0.000000204. The van der Waals surface area contributed by atoms with Gasteiger partial charge in [-0.1, -0.05) is 41.4 Å². The summed E-state index contributed by atoms with van der Waals surface area (Å²) in [6.07, 6.45) is 1.96. The first-order valence-electron chi connectivity index (χ1n) is 15.0. The third-order valence-electron chi connectivity index (χ3n) is 7.83. The molecule has 0 aliphatic carbocycles. The summed E-state index contributed by atoms with van der Waals surface area (Å²) in [4.78, 5) is 40.8. The van der Waals surface area contributed by atoms with Crippen molar-refractivity contribution in [2.24, 2.45) is 5.73 Å². The van der Waals surface area contributed by atoms with Crippen LogP contribution < -0.4 is 11.1 Å². The molecule has 1 atom stereocenters. The molecule has 0 radical (unpaired) electrons. The predicted octanol–water partition coefficient (Wildman–Crippen LogP) is 7.91. The van der Waals surface area contributed by atoms with Crippen molar-refractivity contribution in [3.05, 3.63) is 119 Å². The van der Waals surface area contributed by atoms with E-state index < -0.39 is 35.2 Å². The highest BCUT2D eigenvalue weighted by molar-refractivity contribution is 6.36. The van der Waals surface area contributed by atoms with Crippen LogP contribution in [0, 0.1) is 0 Å². The molecule has 4 aromatic heterocycles. The van der Waals surface area contributed by atoms with Gasteiger partial charge in [0.15, 0.2) is 0 Å². The summed E-state index contributed by atoms with van der Waals surface area (Å²) in [6, 6.07) is 15.9. The third kappa shape index (κ3) is 8.16. The van der Waals surface area contributed by atoms with Crippen molar-refractivity contribution in [1.29, 1.82) is 0 Å². The number of amides is 2. The molecule has 0 bridgehead atoms. The van der Waals surface area contributed by atoms with Crippen molar-refractivity contribution in [2.75, 3.05) is 0 Å². The zero-order valence-corrected chi connectivity index (χ0v) is 28.3. The first kappa shape index (κ1) is 36.1. The number of carbonyl (C=O) groups excluding carboxylic acids is 2. The first-order chi connectivity index (χ1) is 23.5. The zero-order valence-electron chi connectivity index (χ0n) is 26.8. The summed E-state index contributed by atoms with van der Waals surface area (Å²) >= 11 is 12.1. The number of aromatic nitrogens is 4. The molecule has 0 saturated heterocycles. The van der Waals surface area contributed by atoms with Crippen molar-refractivity contribution < 1.29 is 27.9 Å². The average Bonchev–Trinajstić information content (AvgIpc) is 3.07. The number of fused-ring (bicyclic) bond motifs is 2. The van der Waals surface area contributed by atoms with Crippen LogP contribution in [0.3, 0.4) is 0 Å². The number of nitrogens with one attached hydrogen (secondary N) is 1. The van der Waals surface area contributed by atoms with E-state index >= 15 is 0 Å². The number of hydrogen-bond acceptors (Lipinski definition) is 7. The molecule has 4 N–H and O–H groups in total. The van der Waals surface area contributed by atoms with Gasteiger partial charge in [0.1, 0.15) is 11.4 Å². The molecule has 2 amide bonds. The summed E-state index contributed by atoms with van der Waals surface area (Å²) < 4.78 is 38.5. The number of carbonyl (C=O) groups is 2. The van der Waals surface area contributed by atoms with Crippen molar-refractivity contribution in [2.45, 2.75) is 38.6 Å². The van der Waals surface area contributed by atoms with E-state index in [0.29, 0.717) is 37.6 Å². The van der Waals surface area contributed by atoms with Crippen LogP contribution in [-0.4, -0.2) is 48.5 Å². The lowest BCUT2D eigenvalue weighted by atomic mass is 10.0. The van der Waals surface area contributed by atoms with Gasteiger partial charge in [0.2, 0.25) is 0 Å². The fraction of sp³-hybridized carbons (Fsp3) is 0.167. The largest absolute Gasteiger partial charge is 0.416 e. The highest BCUT2D eigenvalue weighted by Gasteiger charge is 2.30. The molecule has 0 saturated carbocycles. The first-order valence-corrected chi connectivity index (χ1v) is 15.7. The Bertz CT molecular complexity index is 2230. The van der Waals surface area contributed by atoms with Gasteiger partial charge in [-0.25, -0.2) is 9.97 Å². The average molecular weight is 722 g/mol. The number of rotatable bonds is 6. The molecule has 1 unspecified atom stereocenters. The molecule has 4 heterocycles. The Hall–Kier alpha value is -5.17. The van der Waals surface area contributed by atoms with Crippen molar-refractivity contribution >= 4 is 56.8 Å². The van der Waals surface area contributed by atoms with E-state index in [0.717, 1.165) is 28.6 Å². The number of pyridine rings is 4. The van der Waals surface area contributed by atoms with Crippen LogP contribution in [0.4, 0.5) is 13.2 Å². The monoisotopic (exact) mass is 720 g/mol. The molecule has 9 nitrogen and oxygen atoms in total. The second-order valence-corrected chi connectivity index (χ2v) is 12.7. The van der Waals surface area contributed by atoms with Gasteiger partial charge in [-0.05, 0) is 74.9 Å². The van der Waals surface area contributed by atoms with Crippen LogP contribution in [0.15, 0.2) is 91.5 Å². The predicted molar refractivity (Wildman–Crippen MR) is 187 cm³/mol. The molecule has 0 aliphatic heterocycles. The molecule has 6 aromatic rings. The lowest BCUT2D eigenvalue weighted by Gasteiger charge is -2.26. The highest BCUT2D eigenvalue weighted by atomic mass is 35.5. The molecule has 2 aromatic carbocycles. The van der Waals surface area contributed by atoms with Crippen LogP contribution >= 0.6 is 23.2 Å². The maximum Gasteiger partial charge on any atom is 0.416 e. The minimum absolute atomic E-state index is 0.132. The van der Waals surface area contributed by atoms with E-state index in [-0.39, 0.29) is 11.4 Å². The lowest BCUT2D eigenvalue weighted by Crippen LogP contribution is -2.47. The van der Waals surface area contributed by atoms with Gasteiger partial charge in [0.25, 0.3) is 11.8 Å². The van der Waals surface area contributed by atoms with E-state index in [4.69, 9.17) is 28.9 Å². The van der Waals surface area contributed by atoms with E-state index in [9.17, 15) is 27.9 Å². The van der Waals surface area contributed by atoms with Gasteiger partial charge in [-0.2, -0.15) is 13.2 Å². The van der Waals surface area contributed by atoms with Gasteiger partial charge in [0, 0.05) is 57.3 Å². The highest BCUT2D eigenvalue weighted by Crippen LogP contribution is 2.34. The van der Waals surface area contributed by atoms with Crippen LogP contribution in [0.1, 0.15) is 47.3 Å². The number of benzene rings is 2. The quantitative estimate of drug-likeness (QED) is 0.159. The summed E-state index contributed by atoms with van der Waals surface area (Å²) in [5.41, 5.74) is 7.30. The zero-order chi connectivity index (χ0) is 36.4. The number of primary amides is 1. The number of aliphatic hydroxyl groups is 1. The van der Waals surface area contributed by atoms with Crippen molar-refractivity contribution in [1.82, 2.24) is 25.3 Å². The van der Waals surface area contributed by atoms with Crippen LogP contribution in [0.25, 0.3) is 44.1 Å². The maximum absolute atomic E-state index is 12.8. The Morgan fingerprint density at radius 1 is 0.780 bits per heavy atom. The van der Waals surface area contributed by atoms with Gasteiger partial charge < -0.3 is 16.2 Å². The van der Waals surface area contributed by atoms with E-state index in [1.165, 1.54) is 24.4 Å². The molecule has 0 aliphatic rings. The summed E-state index contributed by atoms with van der Waals surface area (Å²) in [6.45, 7) is 4.84. The molecule has 6 rings (SSSR count). The molecular weight excluding hydrogens is 692 g/mol. The Labute approximate surface area is 294 Å². The number of halogens is 5. The topological polar surface area (TPSA) is 144 Å². The van der Waals surface area contributed by atoms with E-state index in [2.05, 4.69) is 25.3 Å². The number of nitrogens with zero attached hydrogens (tertiary/aromatic N) is 4. The van der Waals surface area contributed by atoms with Gasteiger partial charge in [-0.3, -0.25) is 19.6 Å². The minimum atomic E-state index is -4.42. The normalized spacial score (nSPS) is 12.3. The number of nitrogens with two attached hydrogens (primary N) is 1. The van der Waals surface area contributed by atoms with Crippen LogP contribution in [0.5, 0.6) is 0 Å². The van der Waals surface area contributed by atoms with Crippen LogP contribution in [-0.2, 0) is 6.18 Å². The maximum atomic E-state index is 12.8. The molecule has 50 heavy (non-hydrogen) atoms. The fourth-order valence-electron chi connectivity index (χ4n) is 4.75. The smallest absolute Gasteiger partial charge is 0.388 e. The fourth-order valence-corrected chi connectivity index (χ4v) is 5.26. The second kappa shape index (κ2) is 14.4. The van der Waals surface area contributed by atoms with Gasteiger partial charge >= 0.3 is 6.18 Å². The SMILES string of the molecule is CC(NC(=O)c1ccc2cncc(-c3ccc(C(F)(F)F)cc3)c2n1)C(C)(C)O.NC(=O)c1ccc2cncc(-c3ccc(Cl)cc3Cl)c2n1. The van der Waals surface area contributed by atoms with Gasteiger partial charge in [0.05, 0.1) is 33.3 Å². The summed E-state index contributed by atoms with van der Waals surface area (Å²) in [5.74, 6) is -1.04. The molecule has 0 fully saturated rings. The summed E-state index contributed by atoms with van der Waals surface area (Å²) in [5, 5.41) is 15.2. The van der Waals surface area contributed by atoms with E-state index in [1.54, 1.807) is 75.8 Å². The van der Waals surface area contributed by atoms with Gasteiger partial charge in [-0.15, -0.1) is 0 Å². The Morgan fingerprint density at radius 3 is 1.90 bits per heavy atom. The molecule has 14 heteroatoms. The Morgan fingerprint density at radius 2 is 1.34 bits per heavy atom. The summed E-state index contributed by atoms with van der Waals surface area (Å²) in [7, 11) is 0. The lowest BCUT2D eigenvalue weighted by molar-refractivity contribution is -0.137. The van der Waals surface area contributed by atoms with E-state index in [1.807, 2.05) is 0 Å². The standard InChI is InChI=1S/C21H20F3N3O2.C15H9Cl2N3O/c1-12(20(2,3)29)26-19(28)17-9-6-14-10-25-11-16(18(14)27-17)13-4-7-15(8-5-13)21(22,23)24;16-9-2-3-10(12(17)5-9)11-7-19-6-8-1-4-13(15(18)21)20-14(8)11/h4-12,29H,1-3H3,(H,26,28);1-7H,(H2,18,21). The second-order valence-electron chi connectivity index (χ2n) is 11.8. The van der Waals surface area contributed by atoms with Crippen molar-refractivity contribution in [3.63, 3.8) is 0 Å². The molecule has 256 valence electrons. The minimum Gasteiger partial charge on any atom is -0.388 e. The third-order valence-corrected chi connectivity index (χ3v) is 8.38. The van der Waals surface area contributed by atoms with Crippen LogP contribution in [0.2, 0.25) is 10.0 Å². The number of hydrogen-bond donors (Lipinski definition) is 3. The molecular formula is C36H29Cl2F3N6O3. The Kier molecular flexibility index (Phi) is 10.4. The molecule has 0 spiro atoms. The number of alkyl halides is 3. The van der Waals surface area contributed by atoms with Crippen molar-refractivity contribution in [3.8, 4) is 22.3 Å².